The van der Waals surface area contributed by atoms with Gasteiger partial charge in [0.1, 0.15) is 0 Å². The predicted molar refractivity (Wildman–Crippen MR) is 122 cm³/mol. The SMILES string of the molecule is CNC(=O)[C@]1(Cc2ccccc2-c2ccncc2)CCN(C(=O)CC2CCCCC2)C1. The van der Waals surface area contributed by atoms with E-state index in [4.69, 9.17) is 0 Å². The van der Waals surface area contributed by atoms with Crippen molar-refractivity contribution in [3.8, 4) is 11.1 Å². The molecule has 2 aromatic rings. The first kappa shape index (κ1) is 21.5. The summed E-state index contributed by atoms with van der Waals surface area (Å²) in [6.07, 6.45) is 11.7. The first-order valence-electron chi connectivity index (χ1n) is 11.6. The lowest BCUT2D eigenvalue weighted by molar-refractivity contribution is -0.133. The molecule has 1 aliphatic heterocycles. The van der Waals surface area contributed by atoms with Crippen LogP contribution in [0, 0.1) is 11.3 Å². The number of benzene rings is 1. The van der Waals surface area contributed by atoms with Gasteiger partial charge in [0.2, 0.25) is 11.8 Å². The Bertz CT molecular complexity index is 908. The van der Waals surface area contributed by atoms with Gasteiger partial charge in [-0.15, -0.1) is 0 Å². The van der Waals surface area contributed by atoms with Gasteiger partial charge in [-0.25, -0.2) is 0 Å². The van der Waals surface area contributed by atoms with Gasteiger partial charge < -0.3 is 10.2 Å². The summed E-state index contributed by atoms with van der Waals surface area (Å²) in [5.74, 6) is 0.772. The van der Waals surface area contributed by atoms with E-state index in [-0.39, 0.29) is 11.8 Å². The van der Waals surface area contributed by atoms with Crippen molar-refractivity contribution in [1.29, 1.82) is 0 Å². The van der Waals surface area contributed by atoms with Crippen LogP contribution in [0.2, 0.25) is 0 Å². The van der Waals surface area contributed by atoms with Gasteiger partial charge in [0, 0.05) is 39.0 Å². The number of likely N-dealkylation sites (tertiary alicyclic amines) is 1. The van der Waals surface area contributed by atoms with Gasteiger partial charge in [-0.3, -0.25) is 14.6 Å². The fraction of sp³-hybridized carbons (Fsp3) is 0.500. The van der Waals surface area contributed by atoms with Gasteiger partial charge in [-0.1, -0.05) is 43.5 Å². The van der Waals surface area contributed by atoms with Crippen LogP contribution in [-0.2, 0) is 16.0 Å². The lowest BCUT2D eigenvalue weighted by atomic mass is 9.78. The molecular formula is C26H33N3O2. The smallest absolute Gasteiger partial charge is 0.228 e. The standard InChI is InChI=1S/C26H33N3O2/c1-27-25(31)26(13-16-29(19-26)24(30)17-20-7-3-2-4-8-20)18-22-9-5-6-10-23(22)21-11-14-28-15-12-21/h5-6,9-12,14-15,20H,2-4,7-8,13,16-19H2,1H3,(H,27,31)/t26-/m0/s1. The zero-order valence-corrected chi connectivity index (χ0v) is 18.5. The molecule has 1 aliphatic carbocycles. The Morgan fingerprint density at radius 3 is 2.58 bits per heavy atom. The average molecular weight is 420 g/mol. The highest BCUT2D eigenvalue weighted by Gasteiger charge is 2.46. The second-order valence-electron chi connectivity index (χ2n) is 9.20. The van der Waals surface area contributed by atoms with Gasteiger partial charge >= 0.3 is 0 Å². The molecule has 4 rings (SSSR count). The van der Waals surface area contributed by atoms with Gasteiger partial charge in [0.15, 0.2) is 0 Å². The van der Waals surface area contributed by atoms with Crippen molar-refractivity contribution in [2.75, 3.05) is 20.1 Å². The topological polar surface area (TPSA) is 62.3 Å². The molecule has 5 heteroatoms. The van der Waals surface area contributed by atoms with Gasteiger partial charge in [-0.05, 0) is 60.4 Å². The van der Waals surface area contributed by atoms with Gasteiger partial charge in [-0.2, -0.15) is 0 Å². The second-order valence-corrected chi connectivity index (χ2v) is 9.20. The number of carbonyl (C=O) groups is 2. The summed E-state index contributed by atoms with van der Waals surface area (Å²) in [5.41, 5.74) is 2.78. The normalized spacial score (nSPS) is 21.8. The van der Waals surface area contributed by atoms with E-state index in [1.807, 2.05) is 29.2 Å². The third kappa shape index (κ3) is 4.81. The lowest BCUT2D eigenvalue weighted by Crippen LogP contribution is -2.44. The van der Waals surface area contributed by atoms with E-state index >= 15 is 0 Å². The molecule has 0 bridgehead atoms. The minimum Gasteiger partial charge on any atom is -0.359 e. The van der Waals surface area contributed by atoms with E-state index in [0.29, 0.717) is 38.3 Å². The van der Waals surface area contributed by atoms with Crippen LogP contribution >= 0.6 is 0 Å². The van der Waals surface area contributed by atoms with E-state index in [0.717, 1.165) is 16.7 Å². The van der Waals surface area contributed by atoms with Crippen molar-refractivity contribution in [2.24, 2.45) is 11.3 Å². The Morgan fingerprint density at radius 1 is 1.10 bits per heavy atom. The Kier molecular flexibility index (Phi) is 6.69. The first-order chi connectivity index (χ1) is 15.1. The predicted octanol–water partition coefficient (Wildman–Crippen LogP) is 4.23. The molecule has 5 nitrogen and oxygen atoms in total. The van der Waals surface area contributed by atoms with Crippen LogP contribution in [-0.4, -0.2) is 41.8 Å². The number of nitrogens with zero attached hydrogens (tertiary/aromatic N) is 2. The summed E-state index contributed by atoms with van der Waals surface area (Å²) >= 11 is 0. The largest absolute Gasteiger partial charge is 0.359 e. The highest BCUT2D eigenvalue weighted by molar-refractivity contribution is 5.86. The number of hydrogen-bond acceptors (Lipinski definition) is 3. The van der Waals surface area contributed by atoms with E-state index in [1.165, 1.54) is 32.1 Å². The molecule has 2 fully saturated rings. The first-order valence-corrected chi connectivity index (χ1v) is 11.6. The molecule has 1 saturated heterocycles. The summed E-state index contributed by atoms with van der Waals surface area (Å²) in [7, 11) is 1.70. The summed E-state index contributed by atoms with van der Waals surface area (Å²) in [6, 6.07) is 12.3. The number of aromatic nitrogens is 1. The van der Waals surface area contributed by atoms with E-state index in [9.17, 15) is 9.59 Å². The highest BCUT2D eigenvalue weighted by Crippen LogP contribution is 2.38. The Labute approximate surface area is 185 Å². The van der Waals surface area contributed by atoms with E-state index in [2.05, 4.69) is 22.4 Å². The number of rotatable bonds is 6. The maximum absolute atomic E-state index is 13.1. The molecule has 1 atom stereocenters. The van der Waals surface area contributed by atoms with Crippen molar-refractivity contribution >= 4 is 11.8 Å². The molecule has 1 aromatic heterocycles. The quantitative estimate of drug-likeness (QED) is 0.762. The lowest BCUT2D eigenvalue weighted by Gasteiger charge is -2.29. The van der Waals surface area contributed by atoms with Crippen molar-refractivity contribution in [3.63, 3.8) is 0 Å². The third-order valence-corrected chi connectivity index (χ3v) is 7.14. The van der Waals surface area contributed by atoms with Crippen molar-refractivity contribution in [3.05, 3.63) is 54.4 Å². The molecule has 1 aromatic carbocycles. The molecule has 2 heterocycles. The van der Waals surface area contributed by atoms with Crippen LogP contribution in [0.15, 0.2) is 48.8 Å². The minimum absolute atomic E-state index is 0.0324. The summed E-state index contributed by atoms with van der Waals surface area (Å²) in [4.78, 5) is 32.2. The van der Waals surface area contributed by atoms with E-state index < -0.39 is 5.41 Å². The summed E-state index contributed by atoms with van der Waals surface area (Å²) < 4.78 is 0. The average Bonchev–Trinajstić information content (AvgIpc) is 3.25. The Hall–Kier alpha value is -2.69. The molecule has 2 amide bonds. The number of amides is 2. The van der Waals surface area contributed by atoms with Crippen molar-refractivity contribution < 1.29 is 9.59 Å². The maximum Gasteiger partial charge on any atom is 0.228 e. The Morgan fingerprint density at radius 2 is 1.84 bits per heavy atom. The number of pyridine rings is 1. The third-order valence-electron chi connectivity index (χ3n) is 7.14. The molecule has 0 spiro atoms. The molecule has 164 valence electrons. The van der Waals surface area contributed by atoms with Crippen LogP contribution in [0.5, 0.6) is 0 Å². The number of nitrogens with one attached hydrogen (secondary N) is 1. The van der Waals surface area contributed by atoms with Crippen LogP contribution < -0.4 is 5.32 Å². The number of hydrogen-bond donors (Lipinski definition) is 1. The van der Waals surface area contributed by atoms with Crippen LogP contribution in [0.25, 0.3) is 11.1 Å². The highest BCUT2D eigenvalue weighted by atomic mass is 16.2. The fourth-order valence-corrected chi connectivity index (χ4v) is 5.38. The van der Waals surface area contributed by atoms with Crippen LogP contribution in [0.3, 0.4) is 0 Å². The zero-order chi connectivity index (χ0) is 21.7. The molecule has 2 aliphatic rings. The number of carbonyl (C=O) groups excluding carboxylic acids is 2. The van der Waals surface area contributed by atoms with Gasteiger partial charge in [0.25, 0.3) is 0 Å². The monoisotopic (exact) mass is 419 g/mol. The molecule has 0 unspecified atom stereocenters. The maximum atomic E-state index is 13.1. The zero-order valence-electron chi connectivity index (χ0n) is 18.5. The Balaban J connectivity index is 1.54. The minimum atomic E-state index is -0.583. The van der Waals surface area contributed by atoms with Gasteiger partial charge in [0.05, 0.1) is 5.41 Å². The van der Waals surface area contributed by atoms with Crippen molar-refractivity contribution in [2.45, 2.75) is 51.4 Å². The summed E-state index contributed by atoms with van der Waals surface area (Å²) in [6.45, 7) is 1.17. The van der Waals surface area contributed by atoms with Crippen molar-refractivity contribution in [1.82, 2.24) is 15.2 Å². The molecule has 1 N–H and O–H groups in total. The molecular weight excluding hydrogens is 386 g/mol. The molecule has 31 heavy (non-hydrogen) atoms. The molecule has 0 radical (unpaired) electrons. The van der Waals surface area contributed by atoms with E-state index in [1.54, 1.807) is 19.4 Å². The fourth-order valence-electron chi connectivity index (χ4n) is 5.38. The second kappa shape index (κ2) is 9.63. The molecule has 1 saturated carbocycles. The van der Waals surface area contributed by atoms with Crippen LogP contribution in [0.1, 0.15) is 50.5 Å². The summed E-state index contributed by atoms with van der Waals surface area (Å²) in [5, 5.41) is 2.88. The van der Waals surface area contributed by atoms with Crippen LogP contribution in [0.4, 0.5) is 0 Å².